The lowest BCUT2D eigenvalue weighted by atomic mass is 9.82. The monoisotopic (exact) mass is 359 g/mol. The van der Waals surface area contributed by atoms with Crippen molar-refractivity contribution >= 4 is 28.3 Å². The SMILES string of the molecule is OCCC[C@@H]1Nc2ccc(I)cc2[C@H]2OCC[C@@H]12. The predicted molar refractivity (Wildman–Crippen MR) is 79.7 cm³/mol. The van der Waals surface area contributed by atoms with E-state index in [2.05, 4.69) is 46.1 Å². The van der Waals surface area contributed by atoms with Gasteiger partial charge >= 0.3 is 0 Å². The number of hydrogen-bond donors (Lipinski definition) is 2. The highest BCUT2D eigenvalue weighted by Gasteiger charge is 2.40. The molecule has 0 aromatic heterocycles. The van der Waals surface area contributed by atoms with Crippen LogP contribution >= 0.6 is 22.6 Å². The zero-order valence-electron chi connectivity index (χ0n) is 10.2. The van der Waals surface area contributed by atoms with Gasteiger partial charge in [-0.1, -0.05) is 0 Å². The lowest BCUT2D eigenvalue weighted by Gasteiger charge is -2.36. The van der Waals surface area contributed by atoms with Gasteiger partial charge in [0, 0.05) is 40.0 Å². The van der Waals surface area contributed by atoms with Crippen molar-refractivity contribution in [3.05, 3.63) is 27.3 Å². The van der Waals surface area contributed by atoms with Crippen LogP contribution in [0.15, 0.2) is 18.2 Å². The fourth-order valence-corrected chi connectivity index (χ4v) is 3.66. The molecule has 1 fully saturated rings. The number of hydrogen-bond acceptors (Lipinski definition) is 3. The first-order valence-corrected chi connectivity index (χ1v) is 7.66. The maximum atomic E-state index is 9.01. The van der Waals surface area contributed by atoms with Crippen molar-refractivity contribution in [2.45, 2.75) is 31.4 Å². The maximum absolute atomic E-state index is 9.01. The third-order valence-electron chi connectivity index (χ3n) is 3.99. The topological polar surface area (TPSA) is 41.5 Å². The van der Waals surface area contributed by atoms with Crippen molar-refractivity contribution in [1.29, 1.82) is 0 Å². The van der Waals surface area contributed by atoms with Gasteiger partial charge in [0.05, 0.1) is 6.10 Å². The Labute approximate surface area is 121 Å². The van der Waals surface area contributed by atoms with Crippen molar-refractivity contribution in [3.8, 4) is 0 Å². The Hall–Kier alpha value is -0.330. The molecule has 0 bridgehead atoms. The van der Waals surface area contributed by atoms with Crippen molar-refractivity contribution in [1.82, 2.24) is 0 Å². The van der Waals surface area contributed by atoms with Crippen LogP contribution in [0.5, 0.6) is 0 Å². The van der Waals surface area contributed by atoms with Crippen molar-refractivity contribution in [2.75, 3.05) is 18.5 Å². The van der Waals surface area contributed by atoms with Gasteiger partial charge in [-0.2, -0.15) is 0 Å². The third kappa shape index (κ3) is 2.26. The minimum atomic E-state index is 0.250. The number of nitrogens with one attached hydrogen (secondary N) is 1. The molecular formula is C14H18INO2. The van der Waals surface area contributed by atoms with E-state index in [9.17, 15) is 0 Å². The molecule has 0 unspecified atom stereocenters. The van der Waals surface area contributed by atoms with E-state index >= 15 is 0 Å². The second-order valence-corrected chi connectivity index (χ2v) is 6.34. The molecule has 1 saturated heterocycles. The highest BCUT2D eigenvalue weighted by Crippen LogP contribution is 2.45. The summed E-state index contributed by atoms with van der Waals surface area (Å²) >= 11 is 2.35. The summed E-state index contributed by atoms with van der Waals surface area (Å²) in [5.74, 6) is 0.558. The molecule has 1 aromatic rings. The molecule has 0 saturated carbocycles. The van der Waals surface area contributed by atoms with Crippen LogP contribution in [0, 0.1) is 9.49 Å². The summed E-state index contributed by atoms with van der Waals surface area (Å²) < 4.78 is 7.20. The smallest absolute Gasteiger partial charge is 0.0893 e. The van der Waals surface area contributed by atoms with Gasteiger partial charge in [0.2, 0.25) is 0 Å². The molecule has 2 aliphatic heterocycles. The Bertz CT molecular complexity index is 438. The normalized spacial score (nSPS) is 29.6. The van der Waals surface area contributed by atoms with E-state index in [4.69, 9.17) is 9.84 Å². The number of anilines is 1. The van der Waals surface area contributed by atoms with Gasteiger partial charge in [-0.25, -0.2) is 0 Å². The Morgan fingerprint density at radius 1 is 1.44 bits per heavy atom. The van der Waals surface area contributed by atoms with E-state index in [1.165, 1.54) is 14.8 Å². The van der Waals surface area contributed by atoms with E-state index in [-0.39, 0.29) is 12.7 Å². The molecule has 0 amide bonds. The second kappa shape index (κ2) is 5.35. The average Bonchev–Trinajstić information content (AvgIpc) is 2.86. The molecule has 0 spiro atoms. The molecule has 1 aromatic carbocycles. The van der Waals surface area contributed by atoms with Gasteiger partial charge in [-0.15, -0.1) is 0 Å². The molecule has 18 heavy (non-hydrogen) atoms. The Balaban J connectivity index is 1.89. The molecule has 3 rings (SSSR count). The van der Waals surface area contributed by atoms with Crippen LogP contribution in [0.4, 0.5) is 5.69 Å². The lowest BCUT2D eigenvalue weighted by Crippen LogP contribution is -2.36. The molecule has 98 valence electrons. The van der Waals surface area contributed by atoms with Gasteiger partial charge < -0.3 is 15.2 Å². The van der Waals surface area contributed by atoms with Crippen molar-refractivity contribution in [3.63, 3.8) is 0 Å². The van der Waals surface area contributed by atoms with Gasteiger partial charge in [0.1, 0.15) is 0 Å². The number of aliphatic hydroxyl groups is 1. The first-order chi connectivity index (χ1) is 8.79. The Morgan fingerprint density at radius 2 is 2.33 bits per heavy atom. The quantitative estimate of drug-likeness (QED) is 0.816. The predicted octanol–water partition coefficient (Wildman–Crippen LogP) is 2.94. The lowest BCUT2D eigenvalue weighted by molar-refractivity contribution is 0.0813. The summed E-state index contributed by atoms with van der Waals surface area (Å²) in [7, 11) is 0. The largest absolute Gasteiger partial charge is 0.396 e. The van der Waals surface area contributed by atoms with E-state index in [1.807, 2.05) is 0 Å². The van der Waals surface area contributed by atoms with Crippen LogP contribution in [0.1, 0.15) is 30.9 Å². The van der Waals surface area contributed by atoms with E-state index < -0.39 is 0 Å². The summed E-state index contributed by atoms with van der Waals surface area (Å²) in [6, 6.07) is 6.96. The Morgan fingerprint density at radius 3 is 3.17 bits per heavy atom. The highest BCUT2D eigenvalue weighted by molar-refractivity contribution is 14.1. The first kappa shape index (κ1) is 12.7. The van der Waals surface area contributed by atoms with Crippen LogP contribution in [0.2, 0.25) is 0 Å². The summed E-state index contributed by atoms with van der Waals surface area (Å²) in [5, 5.41) is 12.6. The number of halogens is 1. The summed E-state index contributed by atoms with van der Waals surface area (Å²) in [4.78, 5) is 0. The molecular weight excluding hydrogens is 341 g/mol. The number of benzene rings is 1. The van der Waals surface area contributed by atoms with Crippen LogP contribution in [-0.4, -0.2) is 24.4 Å². The molecule has 2 heterocycles. The van der Waals surface area contributed by atoms with Crippen LogP contribution in [0.25, 0.3) is 0 Å². The van der Waals surface area contributed by atoms with Gasteiger partial charge in [-0.3, -0.25) is 0 Å². The fourth-order valence-electron chi connectivity index (χ4n) is 3.14. The number of rotatable bonds is 3. The van der Waals surface area contributed by atoms with Crippen LogP contribution < -0.4 is 5.32 Å². The number of fused-ring (bicyclic) bond motifs is 3. The van der Waals surface area contributed by atoms with Crippen molar-refractivity contribution < 1.29 is 9.84 Å². The van der Waals surface area contributed by atoms with E-state index in [0.717, 1.165) is 25.9 Å². The van der Waals surface area contributed by atoms with Gasteiger partial charge in [-0.05, 0) is 60.1 Å². The molecule has 3 nitrogen and oxygen atoms in total. The molecule has 2 aliphatic rings. The molecule has 2 N–H and O–H groups in total. The molecule has 0 radical (unpaired) electrons. The average molecular weight is 359 g/mol. The highest BCUT2D eigenvalue weighted by atomic mass is 127. The van der Waals surface area contributed by atoms with Crippen LogP contribution in [0.3, 0.4) is 0 Å². The minimum Gasteiger partial charge on any atom is -0.396 e. The van der Waals surface area contributed by atoms with Gasteiger partial charge in [0.15, 0.2) is 0 Å². The third-order valence-corrected chi connectivity index (χ3v) is 4.66. The summed E-state index contributed by atoms with van der Waals surface area (Å²) in [5.41, 5.74) is 2.52. The molecule has 4 heteroatoms. The Kier molecular flexibility index (Phi) is 3.77. The zero-order valence-corrected chi connectivity index (χ0v) is 12.4. The standard InChI is InChI=1S/C14H18INO2/c15-9-3-4-13-11(8-9)14-10(5-7-18-14)12(16-13)2-1-6-17/h3-4,8,10,12,14,16-17H,1-2,5-7H2/t10-,12-,14-/m0/s1. The van der Waals surface area contributed by atoms with Crippen LogP contribution in [-0.2, 0) is 4.74 Å². The number of ether oxygens (including phenoxy) is 1. The first-order valence-electron chi connectivity index (χ1n) is 6.58. The second-order valence-electron chi connectivity index (χ2n) is 5.09. The molecule has 3 atom stereocenters. The van der Waals surface area contributed by atoms with E-state index in [0.29, 0.717) is 12.0 Å². The van der Waals surface area contributed by atoms with E-state index in [1.54, 1.807) is 0 Å². The fraction of sp³-hybridized carbons (Fsp3) is 0.571. The summed E-state index contributed by atoms with van der Waals surface area (Å²) in [6.07, 6.45) is 3.26. The van der Waals surface area contributed by atoms with Gasteiger partial charge in [0.25, 0.3) is 0 Å². The summed E-state index contributed by atoms with van der Waals surface area (Å²) in [6.45, 7) is 1.13. The molecule has 0 aliphatic carbocycles. The maximum Gasteiger partial charge on any atom is 0.0893 e. The minimum absolute atomic E-state index is 0.250. The number of aliphatic hydroxyl groups excluding tert-OH is 1. The zero-order chi connectivity index (χ0) is 12.5. The van der Waals surface area contributed by atoms with Crippen molar-refractivity contribution in [2.24, 2.45) is 5.92 Å².